The fourth-order valence-corrected chi connectivity index (χ4v) is 1.63. The number of anilines is 1. The Morgan fingerprint density at radius 3 is 2.52 bits per heavy atom. The van der Waals surface area contributed by atoms with Crippen molar-refractivity contribution in [1.29, 1.82) is 5.26 Å². The molecule has 0 radical (unpaired) electrons. The van der Waals surface area contributed by atoms with Crippen molar-refractivity contribution in [3.63, 3.8) is 0 Å². The molecule has 0 aliphatic carbocycles. The van der Waals surface area contributed by atoms with E-state index in [1.165, 1.54) is 0 Å². The maximum Gasteiger partial charge on any atom is 0.573 e. The Morgan fingerprint density at radius 1 is 1.33 bits per heavy atom. The average molecular weight is 366 g/mol. The first kappa shape index (κ1) is 16.8. The molecule has 0 unspecified atom stereocenters. The van der Waals surface area contributed by atoms with Gasteiger partial charge < -0.3 is 15.4 Å². The molecule has 0 atom stereocenters. The fraction of sp³-hybridized carbons (Fsp3) is 0.182. The normalized spacial score (nSPS) is 10.4. The van der Waals surface area contributed by atoms with Gasteiger partial charge in [0.2, 0.25) is 0 Å². The van der Waals surface area contributed by atoms with Crippen LogP contribution >= 0.6 is 15.9 Å². The third kappa shape index (κ3) is 5.70. The van der Waals surface area contributed by atoms with Crippen molar-refractivity contribution >= 4 is 33.4 Å². The van der Waals surface area contributed by atoms with Crippen LogP contribution in [0.2, 0.25) is 0 Å². The van der Waals surface area contributed by atoms with Crippen LogP contribution in [0.15, 0.2) is 22.7 Å². The molecule has 1 rings (SSSR count). The molecule has 0 saturated carbocycles. The first-order valence-electron chi connectivity index (χ1n) is 5.24. The van der Waals surface area contributed by atoms with E-state index in [1.807, 2.05) is 5.32 Å². The fourth-order valence-electron chi connectivity index (χ4n) is 1.17. The Bertz CT molecular complexity index is 599. The van der Waals surface area contributed by atoms with Gasteiger partial charge in [-0.15, -0.1) is 13.2 Å². The Balaban J connectivity index is 2.74. The highest BCUT2D eigenvalue weighted by atomic mass is 79.9. The summed E-state index contributed by atoms with van der Waals surface area (Å²) in [5.41, 5.74) is 0.0773. The highest BCUT2D eigenvalue weighted by Gasteiger charge is 2.32. The highest BCUT2D eigenvalue weighted by molar-refractivity contribution is 9.10. The molecule has 2 N–H and O–H groups in total. The molecule has 21 heavy (non-hydrogen) atoms. The molecule has 0 heterocycles. The van der Waals surface area contributed by atoms with Gasteiger partial charge in [0.1, 0.15) is 12.3 Å². The molecule has 0 fully saturated rings. The van der Waals surface area contributed by atoms with Crippen LogP contribution in [-0.2, 0) is 9.59 Å². The van der Waals surface area contributed by atoms with Gasteiger partial charge in [-0.25, -0.2) is 0 Å². The molecule has 6 nitrogen and oxygen atoms in total. The average Bonchev–Trinajstić information content (AvgIpc) is 2.37. The number of amides is 2. The van der Waals surface area contributed by atoms with E-state index >= 15 is 0 Å². The highest BCUT2D eigenvalue weighted by Crippen LogP contribution is 2.32. The largest absolute Gasteiger partial charge is 0.573 e. The number of carbonyl (C=O) groups excluding carboxylic acids is 2. The van der Waals surface area contributed by atoms with Crippen molar-refractivity contribution in [1.82, 2.24) is 5.32 Å². The molecular weight excluding hydrogens is 359 g/mol. The number of nitrogens with one attached hydrogen (secondary N) is 2. The van der Waals surface area contributed by atoms with Gasteiger partial charge in [0, 0.05) is 5.69 Å². The van der Waals surface area contributed by atoms with Crippen LogP contribution in [0.1, 0.15) is 0 Å². The number of nitrogens with zero attached hydrogens (tertiary/aromatic N) is 1. The second-order valence-corrected chi connectivity index (χ2v) is 4.34. The molecule has 0 bridgehead atoms. The lowest BCUT2D eigenvalue weighted by Gasteiger charge is -2.11. The van der Waals surface area contributed by atoms with Gasteiger partial charge in [0.15, 0.2) is 0 Å². The molecule has 1 aromatic rings. The smallest absolute Gasteiger partial charge is 0.405 e. The summed E-state index contributed by atoms with van der Waals surface area (Å²) >= 11 is 2.85. The number of ether oxygens (including phenoxy) is 1. The second kappa shape index (κ2) is 6.94. The van der Waals surface area contributed by atoms with E-state index in [0.717, 1.165) is 18.2 Å². The lowest BCUT2D eigenvalue weighted by atomic mass is 10.3. The van der Waals surface area contributed by atoms with E-state index in [-0.39, 0.29) is 16.7 Å². The van der Waals surface area contributed by atoms with E-state index in [9.17, 15) is 22.8 Å². The van der Waals surface area contributed by atoms with Gasteiger partial charge in [-0.2, -0.15) is 5.26 Å². The molecule has 0 saturated heterocycles. The zero-order chi connectivity index (χ0) is 16.0. The Hall–Kier alpha value is -2.28. The van der Waals surface area contributed by atoms with Crippen LogP contribution < -0.4 is 15.4 Å². The van der Waals surface area contributed by atoms with Crippen molar-refractivity contribution in [2.24, 2.45) is 0 Å². The van der Waals surface area contributed by atoms with E-state index in [2.05, 4.69) is 26.0 Å². The Labute approximate surface area is 125 Å². The molecule has 0 spiro atoms. The minimum absolute atomic E-state index is 0.0601. The number of hydrogen-bond donors (Lipinski definition) is 2. The number of nitriles is 1. The van der Waals surface area contributed by atoms with E-state index < -0.39 is 23.9 Å². The summed E-state index contributed by atoms with van der Waals surface area (Å²) in [5.74, 6) is -2.58. The van der Waals surface area contributed by atoms with Crippen molar-refractivity contribution < 1.29 is 27.5 Å². The van der Waals surface area contributed by atoms with Gasteiger partial charge in [0.05, 0.1) is 10.5 Å². The van der Waals surface area contributed by atoms with Crippen LogP contribution in [0.25, 0.3) is 0 Å². The molecule has 10 heteroatoms. The topological polar surface area (TPSA) is 91.2 Å². The zero-order valence-electron chi connectivity index (χ0n) is 10.1. The Morgan fingerprint density at radius 2 is 2.00 bits per heavy atom. The number of rotatable bonds is 3. The lowest BCUT2D eigenvalue weighted by Crippen LogP contribution is -2.35. The monoisotopic (exact) mass is 365 g/mol. The van der Waals surface area contributed by atoms with Crippen molar-refractivity contribution in [2.45, 2.75) is 6.36 Å². The summed E-state index contributed by atoms with van der Waals surface area (Å²) in [4.78, 5) is 22.6. The van der Waals surface area contributed by atoms with Crippen molar-refractivity contribution in [3.05, 3.63) is 22.7 Å². The summed E-state index contributed by atoms with van der Waals surface area (Å²) in [6.45, 7) is -0.339. The first-order chi connectivity index (χ1) is 9.73. The first-order valence-corrected chi connectivity index (χ1v) is 6.03. The maximum atomic E-state index is 12.1. The van der Waals surface area contributed by atoms with Gasteiger partial charge in [-0.3, -0.25) is 9.59 Å². The standard InChI is InChI=1S/C11H7BrF3N3O3/c12-7-5-6(1-2-8(7)21-11(13,14)15)18-10(20)9(19)17-4-3-16/h1-2,5H,4H2,(H,17,19)(H,18,20). The van der Waals surface area contributed by atoms with Gasteiger partial charge in [-0.1, -0.05) is 0 Å². The second-order valence-electron chi connectivity index (χ2n) is 3.49. The van der Waals surface area contributed by atoms with Gasteiger partial charge in [0.25, 0.3) is 0 Å². The number of alkyl halides is 3. The van der Waals surface area contributed by atoms with E-state index in [0.29, 0.717) is 0 Å². The number of benzene rings is 1. The SMILES string of the molecule is N#CCNC(=O)C(=O)Nc1ccc(OC(F)(F)F)c(Br)c1. The summed E-state index contributed by atoms with van der Waals surface area (Å²) in [6.07, 6.45) is -4.84. The minimum atomic E-state index is -4.84. The number of carbonyl (C=O) groups is 2. The number of hydrogen-bond acceptors (Lipinski definition) is 4. The summed E-state index contributed by atoms with van der Waals surface area (Å²) in [7, 11) is 0. The maximum absolute atomic E-state index is 12.1. The predicted molar refractivity (Wildman–Crippen MR) is 68.1 cm³/mol. The molecule has 2 amide bonds. The third-order valence-corrected chi connectivity index (χ3v) is 2.57. The van der Waals surface area contributed by atoms with Crippen molar-refractivity contribution in [2.75, 3.05) is 11.9 Å². The van der Waals surface area contributed by atoms with Gasteiger partial charge in [-0.05, 0) is 34.1 Å². The molecule has 0 aliphatic heterocycles. The third-order valence-electron chi connectivity index (χ3n) is 1.95. The molecule has 1 aromatic carbocycles. The summed E-state index contributed by atoms with van der Waals surface area (Å²) in [6, 6.07) is 4.85. The molecule has 0 aliphatic rings. The predicted octanol–water partition coefficient (Wildman–Crippen LogP) is 1.93. The molecule has 0 aromatic heterocycles. The minimum Gasteiger partial charge on any atom is -0.405 e. The van der Waals surface area contributed by atoms with Crippen LogP contribution in [0, 0.1) is 11.3 Å². The molecule has 112 valence electrons. The van der Waals surface area contributed by atoms with Crippen molar-refractivity contribution in [3.8, 4) is 11.8 Å². The summed E-state index contributed by atoms with van der Waals surface area (Å²) < 4.78 is 39.9. The van der Waals surface area contributed by atoms with Crippen LogP contribution in [0.5, 0.6) is 5.75 Å². The van der Waals surface area contributed by atoms with E-state index in [1.54, 1.807) is 6.07 Å². The number of halogens is 4. The summed E-state index contributed by atoms with van der Waals surface area (Å²) in [5, 5.41) is 12.4. The van der Waals surface area contributed by atoms with Crippen LogP contribution in [0.3, 0.4) is 0 Å². The quantitative estimate of drug-likeness (QED) is 0.632. The van der Waals surface area contributed by atoms with Crippen LogP contribution in [0.4, 0.5) is 18.9 Å². The lowest BCUT2D eigenvalue weighted by molar-refractivity contribution is -0.274. The zero-order valence-corrected chi connectivity index (χ0v) is 11.7. The van der Waals surface area contributed by atoms with E-state index in [4.69, 9.17) is 5.26 Å². The Kier molecular flexibility index (Phi) is 5.54. The molecular formula is C11H7BrF3N3O3. The van der Waals surface area contributed by atoms with Gasteiger partial charge >= 0.3 is 18.2 Å². The van der Waals surface area contributed by atoms with Crippen LogP contribution in [-0.4, -0.2) is 24.7 Å².